The van der Waals surface area contributed by atoms with Crippen LogP contribution in [-0.2, 0) is 6.42 Å². The van der Waals surface area contributed by atoms with Crippen LogP contribution in [0.1, 0.15) is 32.3 Å². The van der Waals surface area contributed by atoms with Gasteiger partial charge >= 0.3 is 0 Å². The second-order valence-electron chi connectivity index (χ2n) is 4.22. The van der Waals surface area contributed by atoms with Gasteiger partial charge in [-0.05, 0) is 17.9 Å². The highest BCUT2D eigenvalue weighted by Crippen LogP contribution is 2.24. The molecule has 3 nitrogen and oxygen atoms in total. The zero-order valence-corrected chi connectivity index (χ0v) is 11.8. The van der Waals surface area contributed by atoms with E-state index in [0.717, 1.165) is 24.8 Å². The molecule has 4 heteroatoms. The molecule has 0 amide bonds. The van der Waals surface area contributed by atoms with Gasteiger partial charge in [0.25, 0.3) is 5.69 Å². The van der Waals surface area contributed by atoms with Crippen LogP contribution >= 0.6 is 15.9 Å². The summed E-state index contributed by atoms with van der Waals surface area (Å²) in [6, 6.07) is 6.83. The molecule has 94 valence electrons. The molecule has 0 saturated heterocycles. The molecule has 0 bridgehead atoms. The van der Waals surface area contributed by atoms with Gasteiger partial charge in [-0.1, -0.05) is 54.8 Å². The Balaban J connectivity index is 2.65. The highest BCUT2D eigenvalue weighted by Gasteiger charge is 2.16. The van der Waals surface area contributed by atoms with Gasteiger partial charge in [-0.15, -0.1) is 0 Å². The van der Waals surface area contributed by atoms with Crippen LogP contribution < -0.4 is 0 Å². The van der Waals surface area contributed by atoms with Crippen LogP contribution in [0.25, 0.3) is 0 Å². The van der Waals surface area contributed by atoms with Crippen LogP contribution in [-0.4, -0.2) is 9.75 Å². The first kappa shape index (κ1) is 14.2. The number of hydrogen-bond donors (Lipinski definition) is 0. The molecule has 0 fully saturated rings. The highest BCUT2D eigenvalue weighted by atomic mass is 79.9. The summed E-state index contributed by atoms with van der Waals surface area (Å²) in [5, 5.41) is 10.5. The third kappa shape index (κ3) is 4.11. The average molecular weight is 300 g/mol. The normalized spacial score (nSPS) is 12.7. The van der Waals surface area contributed by atoms with Gasteiger partial charge in [0.1, 0.15) is 0 Å². The number of hydrogen-bond acceptors (Lipinski definition) is 2. The van der Waals surface area contributed by atoms with Crippen LogP contribution in [0.2, 0.25) is 0 Å². The number of non-ortho nitro benzene ring substituents is 1. The molecule has 0 aromatic heterocycles. The maximum atomic E-state index is 10.5. The zero-order chi connectivity index (χ0) is 12.8. The van der Waals surface area contributed by atoms with E-state index in [0.29, 0.717) is 10.7 Å². The van der Waals surface area contributed by atoms with Crippen molar-refractivity contribution in [3.05, 3.63) is 39.9 Å². The van der Waals surface area contributed by atoms with Crippen molar-refractivity contribution in [2.45, 2.75) is 37.9 Å². The fourth-order valence-corrected chi connectivity index (χ4v) is 3.07. The third-order valence-corrected chi connectivity index (χ3v) is 4.21. The molecule has 0 aliphatic rings. The molecule has 0 spiro atoms. The summed E-state index contributed by atoms with van der Waals surface area (Å²) in [6.45, 7) is 4.39. The smallest absolute Gasteiger partial charge is 0.258 e. The highest BCUT2D eigenvalue weighted by molar-refractivity contribution is 9.09. The molecule has 1 aromatic carbocycles. The van der Waals surface area contributed by atoms with Crippen LogP contribution in [0.5, 0.6) is 0 Å². The van der Waals surface area contributed by atoms with Gasteiger partial charge in [-0.3, -0.25) is 10.1 Å². The van der Waals surface area contributed by atoms with Gasteiger partial charge in [0, 0.05) is 17.0 Å². The maximum absolute atomic E-state index is 10.5. The average Bonchev–Trinajstić information content (AvgIpc) is 2.31. The number of benzene rings is 1. The van der Waals surface area contributed by atoms with Crippen molar-refractivity contribution < 1.29 is 4.92 Å². The second-order valence-corrected chi connectivity index (χ2v) is 5.40. The van der Waals surface area contributed by atoms with Crippen molar-refractivity contribution >= 4 is 21.6 Å². The standard InChI is InChI=1S/C13H18BrNO2/c1-3-11(4-2)13(14)9-10-5-7-12(8-6-10)15(16)17/h5-8,11,13H,3-4,9H2,1-2H3. The van der Waals surface area contributed by atoms with E-state index in [4.69, 9.17) is 0 Å². The van der Waals surface area contributed by atoms with Gasteiger partial charge in [0.15, 0.2) is 0 Å². The predicted molar refractivity (Wildman–Crippen MR) is 73.6 cm³/mol. The summed E-state index contributed by atoms with van der Waals surface area (Å²) in [7, 11) is 0. The summed E-state index contributed by atoms with van der Waals surface area (Å²) in [6.07, 6.45) is 3.23. The predicted octanol–water partition coefficient (Wildman–Crippen LogP) is 4.34. The van der Waals surface area contributed by atoms with Crippen molar-refractivity contribution in [3.63, 3.8) is 0 Å². The molecule has 17 heavy (non-hydrogen) atoms. The molecule has 0 radical (unpaired) electrons. The number of rotatable bonds is 6. The third-order valence-electron chi connectivity index (χ3n) is 3.14. The lowest BCUT2D eigenvalue weighted by molar-refractivity contribution is -0.384. The van der Waals surface area contributed by atoms with Crippen LogP contribution in [0.15, 0.2) is 24.3 Å². The number of halogens is 1. The maximum Gasteiger partial charge on any atom is 0.269 e. The van der Waals surface area contributed by atoms with Gasteiger partial charge in [-0.2, -0.15) is 0 Å². The molecular formula is C13H18BrNO2. The van der Waals surface area contributed by atoms with E-state index < -0.39 is 0 Å². The fraction of sp³-hybridized carbons (Fsp3) is 0.538. The number of nitrogens with zero attached hydrogens (tertiary/aromatic N) is 1. The van der Waals surface area contributed by atoms with Crippen molar-refractivity contribution in [1.29, 1.82) is 0 Å². The topological polar surface area (TPSA) is 43.1 Å². The summed E-state index contributed by atoms with van der Waals surface area (Å²) in [5.41, 5.74) is 1.30. The Morgan fingerprint density at radius 2 is 1.76 bits per heavy atom. The Morgan fingerprint density at radius 1 is 1.24 bits per heavy atom. The monoisotopic (exact) mass is 299 g/mol. The summed E-state index contributed by atoms with van der Waals surface area (Å²) in [4.78, 5) is 10.6. The van der Waals surface area contributed by atoms with Crippen LogP contribution in [0.3, 0.4) is 0 Å². The van der Waals surface area contributed by atoms with E-state index in [1.165, 1.54) is 0 Å². The molecule has 0 saturated carbocycles. The fourth-order valence-electron chi connectivity index (χ4n) is 1.95. The van der Waals surface area contributed by atoms with Crippen molar-refractivity contribution in [3.8, 4) is 0 Å². The van der Waals surface area contributed by atoms with E-state index in [-0.39, 0.29) is 10.6 Å². The molecule has 0 aliphatic carbocycles. The Kier molecular flexibility index (Phi) is 5.62. The van der Waals surface area contributed by atoms with Crippen LogP contribution in [0, 0.1) is 16.0 Å². The quantitative estimate of drug-likeness (QED) is 0.445. The van der Waals surface area contributed by atoms with Crippen LogP contribution in [0.4, 0.5) is 5.69 Å². The molecular weight excluding hydrogens is 282 g/mol. The SMILES string of the molecule is CCC(CC)C(Br)Cc1ccc([N+](=O)[O-])cc1. The lowest BCUT2D eigenvalue weighted by Gasteiger charge is -2.19. The van der Waals surface area contributed by atoms with Gasteiger partial charge in [0.2, 0.25) is 0 Å². The molecule has 1 rings (SSSR count). The first-order valence-electron chi connectivity index (χ1n) is 5.95. The zero-order valence-electron chi connectivity index (χ0n) is 10.2. The lowest BCUT2D eigenvalue weighted by atomic mass is 9.95. The summed E-state index contributed by atoms with van der Waals surface area (Å²) >= 11 is 3.71. The van der Waals surface area contributed by atoms with Crippen molar-refractivity contribution in [2.24, 2.45) is 5.92 Å². The summed E-state index contributed by atoms with van der Waals surface area (Å²) in [5.74, 6) is 0.658. The molecule has 0 N–H and O–H groups in total. The minimum absolute atomic E-state index is 0.155. The lowest BCUT2D eigenvalue weighted by Crippen LogP contribution is -2.15. The van der Waals surface area contributed by atoms with E-state index in [9.17, 15) is 10.1 Å². The molecule has 1 atom stereocenters. The van der Waals surface area contributed by atoms with Gasteiger partial charge < -0.3 is 0 Å². The first-order valence-corrected chi connectivity index (χ1v) is 6.87. The molecule has 1 aromatic rings. The van der Waals surface area contributed by atoms with E-state index in [2.05, 4.69) is 29.8 Å². The minimum Gasteiger partial charge on any atom is -0.258 e. The Hall–Kier alpha value is -0.900. The molecule has 1 unspecified atom stereocenters. The van der Waals surface area contributed by atoms with Gasteiger partial charge in [-0.25, -0.2) is 0 Å². The number of nitro benzene ring substituents is 1. The van der Waals surface area contributed by atoms with E-state index >= 15 is 0 Å². The summed E-state index contributed by atoms with van der Waals surface area (Å²) < 4.78 is 0. The van der Waals surface area contributed by atoms with Crippen molar-refractivity contribution in [2.75, 3.05) is 0 Å². The largest absolute Gasteiger partial charge is 0.269 e. The van der Waals surface area contributed by atoms with Gasteiger partial charge in [0.05, 0.1) is 4.92 Å². The Morgan fingerprint density at radius 3 is 2.18 bits per heavy atom. The van der Waals surface area contributed by atoms with E-state index in [1.807, 2.05) is 12.1 Å². The minimum atomic E-state index is -0.365. The molecule has 0 heterocycles. The Bertz CT molecular complexity index is 360. The number of nitro groups is 1. The Labute approximate surface area is 111 Å². The molecule has 0 aliphatic heterocycles. The van der Waals surface area contributed by atoms with E-state index in [1.54, 1.807) is 12.1 Å². The number of alkyl halides is 1. The first-order chi connectivity index (χ1) is 8.08. The van der Waals surface area contributed by atoms with Crippen molar-refractivity contribution in [1.82, 2.24) is 0 Å². The second kappa shape index (κ2) is 6.74.